The fourth-order valence-corrected chi connectivity index (χ4v) is 3.31. The van der Waals surface area contributed by atoms with Crippen molar-refractivity contribution >= 4 is 0 Å². The molecule has 0 amide bonds. The van der Waals surface area contributed by atoms with Gasteiger partial charge < -0.3 is 5.11 Å². The molecule has 116 valence electrons. The number of halogens is 2. The molecule has 0 atom stereocenters. The molecule has 2 aromatic rings. The van der Waals surface area contributed by atoms with Gasteiger partial charge in [0.05, 0.1) is 0 Å². The molecular formula is C19H20F2O. The Balaban J connectivity index is 1.93. The predicted octanol–water partition coefficient (Wildman–Crippen LogP) is 5.63. The number of aromatic hydroxyl groups is 1. The first-order valence-corrected chi connectivity index (χ1v) is 7.83. The van der Waals surface area contributed by atoms with E-state index in [1.54, 1.807) is 24.3 Å². The molecule has 0 saturated heterocycles. The van der Waals surface area contributed by atoms with Gasteiger partial charge in [0, 0.05) is 5.56 Å². The lowest BCUT2D eigenvalue weighted by molar-refractivity contribution is 0.339. The number of rotatable bonds is 2. The van der Waals surface area contributed by atoms with E-state index in [2.05, 4.69) is 6.92 Å². The summed E-state index contributed by atoms with van der Waals surface area (Å²) >= 11 is 0. The molecule has 1 aliphatic rings. The van der Waals surface area contributed by atoms with Gasteiger partial charge in [-0.25, -0.2) is 8.78 Å². The van der Waals surface area contributed by atoms with Crippen LogP contribution in [0.25, 0.3) is 11.1 Å². The van der Waals surface area contributed by atoms with Gasteiger partial charge in [0.2, 0.25) is 0 Å². The molecule has 22 heavy (non-hydrogen) atoms. The molecule has 1 fully saturated rings. The van der Waals surface area contributed by atoms with Crippen molar-refractivity contribution in [3.05, 3.63) is 53.6 Å². The maximum Gasteiger partial charge on any atom is 0.166 e. The first-order chi connectivity index (χ1) is 10.6. The summed E-state index contributed by atoms with van der Waals surface area (Å²) in [6, 6.07) is 9.51. The minimum absolute atomic E-state index is 0.109. The molecule has 0 heterocycles. The highest BCUT2D eigenvalue weighted by atomic mass is 19.2. The quantitative estimate of drug-likeness (QED) is 0.762. The molecule has 3 rings (SSSR count). The van der Waals surface area contributed by atoms with Crippen LogP contribution < -0.4 is 0 Å². The van der Waals surface area contributed by atoms with E-state index in [-0.39, 0.29) is 17.2 Å². The zero-order valence-electron chi connectivity index (χ0n) is 12.7. The second-order valence-corrected chi connectivity index (χ2v) is 6.33. The normalized spacial score (nSPS) is 21.8. The Hall–Kier alpha value is -1.90. The molecule has 1 aliphatic carbocycles. The van der Waals surface area contributed by atoms with E-state index in [1.807, 2.05) is 0 Å². The Labute approximate surface area is 129 Å². The Bertz CT molecular complexity index is 656. The summed E-state index contributed by atoms with van der Waals surface area (Å²) < 4.78 is 28.9. The fourth-order valence-electron chi connectivity index (χ4n) is 3.31. The zero-order chi connectivity index (χ0) is 15.7. The van der Waals surface area contributed by atoms with Crippen molar-refractivity contribution in [2.45, 2.75) is 38.5 Å². The SMILES string of the molecule is CC1CCC(c2ccc(-c3ccc(O)cc3)c(F)c2F)CC1. The maximum atomic E-state index is 14.5. The van der Waals surface area contributed by atoms with E-state index in [1.165, 1.54) is 12.1 Å². The summed E-state index contributed by atoms with van der Waals surface area (Å²) in [6.45, 7) is 2.21. The largest absolute Gasteiger partial charge is 0.508 e. The van der Waals surface area contributed by atoms with Crippen molar-refractivity contribution in [3.8, 4) is 16.9 Å². The molecule has 1 nitrogen and oxygen atoms in total. The smallest absolute Gasteiger partial charge is 0.166 e. The van der Waals surface area contributed by atoms with Crippen LogP contribution in [0, 0.1) is 17.6 Å². The summed E-state index contributed by atoms with van der Waals surface area (Å²) in [7, 11) is 0. The van der Waals surface area contributed by atoms with Gasteiger partial charge >= 0.3 is 0 Å². The van der Waals surface area contributed by atoms with E-state index in [0.29, 0.717) is 17.0 Å². The minimum atomic E-state index is -0.790. The molecule has 1 saturated carbocycles. The lowest BCUT2D eigenvalue weighted by Crippen LogP contribution is -2.13. The summed E-state index contributed by atoms with van der Waals surface area (Å²) in [6.07, 6.45) is 4.00. The molecule has 0 bridgehead atoms. The lowest BCUT2D eigenvalue weighted by atomic mass is 9.79. The van der Waals surface area contributed by atoms with Crippen molar-refractivity contribution in [1.82, 2.24) is 0 Å². The number of phenolic OH excluding ortho intramolecular Hbond substituents is 1. The van der Waals surface area contributed by atoms with Gasteiger partial charge in [-0.05, 0) is 47.9 Å². The van der Waals surface area contributed by atoms with Crippen LogP contribution in [0.1, 0.15) is 44.1 Å². The van der Waals surface area contributed by atoms with Gasteiger partial charge in [0.1, 0.15) is 5.75 Å². The first-order valence-electron chi connectivity index (χ1n) is 7.83. The van der Waals surface area contributed by atoms with E-state index in [0.717, 1.165) is 25.7 Å². The number of benzene rings is 2. The third-order valence-electron chi connectivity index (χ3n) is 4.75. The molecule has 0 aliphatic heterocycles. The van der Waals surface area contributed by atoms with Crippen LogP contribution in [-0.2, 0) is 0 Å². The van der Waals surface area contributed by atoms with E-state index >= 15 is 0 Å². The predicted molar refractivity (Wildman–Crippen MR) is 83.8 cm³/mol. The highest BCUT2D eigenvalue weighted by molar-refractivity contribution is 5.65. The highest BCUT2D eigenvalue weighted by Gasteiger charge is 2.24. The van der Waals surface area contributed by atoms with Crippen molar-refractivity contribution in [2.24, 2.45) is 5.92 Å². The number of hydrogen-bond acceptors (Lipinski definition) is 1. The summed E-state index contributed by atoms with van der Waals surface area (Å²) in [4.78, 5) is 0. The Morgan fingerprint density at radius 1 is 0.864 bits per heavy atom. The Kier molecular flexibility index (Phi) is 4.14. The molecule has 0 radical (unpaired) electrons. The monoisotopic (exact) mass is 302 g/mol. The third-order valence-corrected chi connectivity index (χ3v) is 4.75. The second kappa shape index (κ2) is 6.07. The molecular weight excluding hydrogens is 282 g/mol. The number of phenols is 1. The van der Waals surface area contributed by atoms with Crippen LogP contribution in [0.2, 0.25) is 0 Å². The zero-order valence-corrected chi connectivity index (χ0v) is 12.7. The Morgan fingerprint density at radius 3 is 2.14 bits per heavy atom. The van der Waals surface area contributed by atoms with Crippen LogP contribution in [-0.4, -0.2) is 5.11 Å². The van der Waals surface area contributed by atoms with Gasteiger partial charge in [0.15, 0.2) is 11.6 Å². The highest BCUT2D eigenvalue weighted by Crippen LogP contribution is 2.38. The van der Waals surface area contributed by atoms with Gasteiger partial charge in [-0.15, -0.1) is 0 Å². The summed E-state index contributed by atoms with van der Waals surface area (Å²) in [5.74, 6) is -0.593. The average molecular weight is 302 g/mol. The summed E-state index contributed by atoms with van der Waals surface area (Å²) in [5.41, 5.74) is 1.32. The average Bonchev–Trinajstić information content (AvgIpc) is 2.52. The van der Waals surface area contributed by atoms with E-state index < -0.39 is 11.6 Å². The molecule has 3 heteroatoms. The molecule has 0 spiro atoms. The topological polar surface area (TPSA) is 20.2 Å². The van der Waals surface area contributed by atoms with Crippen LogP contribution in [0.3, 0.4) is 0 Å². The van der Waals surface area contributed by atoms with Gasteiger partial charge in [-0.2, -0.15) is 0 Å². The number of hydrogen-bond donors (Lipinski definition) is 1. The van der Waals surface area contributed by atoms with Gasteiger partial charge in [-0.1, -0.05) is 44.0 Å². The van der Waals surface area contributed by atoms with Crippen LogP contribution in [0.5, 0.6) is 5.75 Å². The maximum absolute atomic E-state index is 14.5. The van der Waals surface area contributed by atoms with Crippen LogP contribution >= 0.6 is 0 Å². The van der Waals surface area contributed by atoms with Crippen molar-refractivity contribution in [2.75, 3.05) is 0 Å². The summed E-state index contributed by atoms with van der Waals surface area (Å²) in [5, 5.41) is 9.30. The first kappa shape index (κ1) is 15.0. The van der Waals surface area contributed by atoms with Gasteiger partial charge in [0.25, 0.3) is 0 Å². The minimum Gasteiger partial charge on any atom is -0.508 e. The van der Waals surface area contributed by atoms with Gasteiger partial charge in [-0.3, -0.25) is 0 Å². The van der Waals surface area contributed by atoms with Crippen LogP contribution in [0.4, 0.5) is 8.78 Å². The van der Waals surface area contributed by atoms with E-state index in [9.17, 15) is 13.9 Å². The Morgan fingerprint density at radius 2 is 1.50 bits per heavy atom. The van der Waals surface area contributed by atoms with Crippen LogP contribution in [0.15, 0.2) is 36.4 Å². The van der Waals surface area contributed by atoms with Crippen molar-refractivity contribution in [3.63, 3.8) is 0 Å². The molecule has 0 aromatic heterocycles. The molecule has 0 unspecified atom stereocenters. The second-order valence-electron chi connectivity index (χ2n) is 6.33. The molecule has 2 aromatic carbocycles. The van der Waals surface area contributed by atoms with Crippen molar-refractivity contribution < 1.29 is 13.9 Å². The third kappa shape index (κ3) is 2.85. The fraction of sp³-hybridized carbons (Fsp3) is 0.368. The van der Waals surface area contributed by atoms with Crippen molar-refractivity contribution in [1.29, 1.82) is 0 Å². The molecule has 1 N–H and O–H groups in total. The lowest BCUT2D eigenvalue weighted by Gasteiger charge is -2.27. The standard InChI is InChI=1S/C19H20F2O/c1-12-2-4-13(5-3-12)16-10-11-17(19(21)18(16)20)14-6-8-15(22)9-7-14/h6-13,22H,2-5H2,1H3. The van der Waals surface area contributed by atoms with E-state index in [4.69, 9.17) is 0 Å².